The third-order valence-corrected chi connectivity index (χ3v) is 6.53. The first-order chi connectivity index (χ1) is 15.0. The summed E-state index contributed by atoms with van der Waals surface area (Å²) < 4.78 is 5.25. The summed E-state index contributed by atoms with van der Waals surface area (Å²) in [7, 11) is 1.63. The van der Waals surface area contributed by atoms with Gasteiger partial charge in [-0.15, -0.1) is 11.8 Å². The number of fused-ring (bicyclic) bond motifs is 1. The molecule has 0 unspecified atom stereocenters. The van der Waals surface area contributed by atoms with Crippen molar-refractivity contribution in [2.45, 2.75) is 23.5 Å². The Bertz CT molecular complexity index is 1080. The van der Waals surface area contributed by atoms with E-state index in [4.69, 9.17) is 4.74 Å². The van der Waals surface area contributed by atoms with Crippen LogP contribution in [0, 0.1) is 6.92 Å². The number of hydrogen-bond donors (Lipinski definition) is 1. The van der Waals surface area contributed by atoms with Crippen molar-refractivity contribution in [3.8, 4) is 5.75 Å². The van der Waals surface area contributed by atoms with E-state index in [9.17, 15) is 9.59 Å². The molecule has 1 N–H and O–H groups in total. The normalized spacial score (nSPS) is 15.7. The largest absolute Gasteiger partial charge is 0.497 e. The summed E-state index contributed by atoms with van der Waals surface area (Å²) in [5, 5.41) is 2.85. The van der Waals surface area contributed by atoms with Gasteiger partial charge in [0.15, 0.2) is 0 Å². The lowest BCUT2D eigenvalue weighted by Crippen LogP contribution is -2.38. The number of benzene rings is 3. The van der Waals surface area contributed by atoms with Gasteiger partial charge in [0.25, 0.3) is 0 Å². The Labute approximate surface area is 186 Å². The third-order valence-electron chi connectivity index (χ3n) is 5.21. The van der Waals surface area contributed by atoms with Crippen molar-refractivity contribution in [3.63, 3.8) is 0 Å². The number of carbonyl (C=O) groups excluding carboxylic acids is 2. The van der Waals surface area contributed by atoms with Gasteiger partial charge in [0.05, 0.1) is 12.8 Å². The van der Waals surface area contributed by atoms with Crippen LogP contribution in [0.2, 0.25) is 0 Å². The summed E-state index contributed by atoms with van der Waals surface area (Å²) in [6, 6.07) is 23.2. The molecule has 31 heavy (non-hydrogen) atoms. The number of ether oxygens (including phenoxy) is 1. The zero-order valence-electron chi connectivity index (χ0n) is 17.5. The maximum absolute atomic E-state index is 13.2. The highest BCUT2D eigenvalue weighted by Crippen LogP contribution is 2.45. The lowest BCUT2D eigenvalue weighted by atomic mass is 10.1. The monoisotopic (exact) mass is 432 g/mol. The molecule has 6 heteroatoms. The second kappa shape index (κ2) is 9.27. The van der Waals surface area contributed by atoms with Crippen LogP contribution in [0.3, 0.4) is 0 Å². The van der Waals surface area contributed by atoms with Crippen LogP contribution < -0.4 is 15.0 Å². The molecular formula is C25H24N2O3S. The zero-order valence-corrected chi connectivity index (χ0v) is 18.3. The van der Waals surface area contributed by atoms with Gasteiger partial charge in [-0.25, -0.2) is 0 Å². The maximum atomic E-state index is 13.2. The third kappa shape index (κ3) is 4.91. The molecule has 0 saturated heterocycles. The van der Waals surface area contributed by atoms with E-state index in [1.807, 2.05) is 79.7 Å². The molecule has 0 saturated carbocycles. The Morgan fingerprint density at radius 1 is 1.06 bits per heavy atom. The summed E-state index contributed by atoms with van der Waals surface area (Å²) in [5.74, 6) is 0.487. The van der Waals surface area contributed by atoms with Crippen LogP contribution in [-0.2, 0) is 9.59 Å². The number of amides is 2. The van der Waals surface area contributed by atoms with Crippen molar-refractivity contribution < 1.29 is 14.3 Å². The number of thioether (sulfide) groups is 1. The topological polar surface area (TPSA) is 58.6 Å². The molecule has 0 aliphatic carbocycles. The van der Waals surface area contributed by atoms with E-state index in [0.29, 0.717) is 6.42 Å². The smallest absolute Gasteiger partial charge is 0.244 e. The van der Waals surface area contributed by atoms with Gasteiger partial charge < -0.3 is 15.0 Å². The molecule has 3 aromatic rings. The van der Waals surface area contributed by atoms with Gasteiger partial charge in [0, 0.05) is 22.3 Å². The van der Waals surface area contributed by atoms with Crippen LogP contribution in [0.25, 0.3) is 0 Å². The molecule has 1 aliphatic rings. The Kier molecular flexibility index (Phi) is 6.28. The lowest BCUT2D eigenvalue weighted by molar-refractivity contribution is -0.121. The first-order valence-corrected chi connectivity index (χ1v) is 11.0. The standard InChI is InChI=1S/C25H24N2O3S/c1-17-7-11-19(12-8-17)26-24(28)16-27-21-5-3-4-6-22(21)31-23(15-25(27)29)18-9-13-20(30-2)14-10-18/h3-14,23H,15-16H2,1-2H3,(H,26,28)/t23-/m1/s1. The first kappa shape index (κ1) is 21.0. The van der Waals surface area contributed by atoms with Gasteiger partial charge in [-0.2, -0.15) is 0 Å². The van der Waals surface area contributed by atoms with Crippen molar-refractivity contribution >= 4 is 35.0 Å². The minimum absolute atomic E-state index is 0.0282. The molecule has 1 heterocycles. The SMILES string of the molecule is COc1ccc([C@H]2CC(=O)N(CC(=O)Nc3ccc(C)cc3)c3ccccc3S2)cc1. The average molecular weight is 433 g/mol. The molecule has 0 bridgehead atoms. The van der Waals surface area contributed by atoms with Gasteiger partial charge >= 0.3 is 0 Å². The van der Waals surface area contributed by atoms with Crippen LogP contribution in [0.1, 0.15) is 22.8 Å². The second-order valence-electron chi connectivity index (χ2n) is 7.45. The van der Waals surface area contributed by atoms with Crippen LogP contribution in [0.15, 0.2) is 77.7 Å². The number of nitrogens with zero attached hydrogens (tertiary/aromatic N) is 1. The van der Waals surface area contributed by atoms with Gasteiger partial charge in [0.2, 0.25) is 11.8 Å². The molecule has 1 aliphatic heterocycles. The number of hydrogen-bond acceptors (Lipinski definition) is 4. The van der Waals surface area contributed by atoms with Gasteiger partial charge in [-0.3, -0.25) is 9.59 Å². The van der Waals surface area contributed by atoms with E-state index < -0.39 is 0 Å². The minimum Gasteiger partial charge on any atom is -0.497 e. The van der Waals surface area contributed by atoms with Crippen LogP contribution in [0.5, 0.6) is 5.75 Å². The summed E-state index contributed by atoms with van der Waals surface area (Å²) in [6.45, 7) is 1.97. The van der Waals surface area contributed by atoms with E-state index in [2.05, 4.69) is 5.32 Å². The first-order valence-electron chi connectivity index (χ1n) is 10.1. The quantitative estimate of drug-likeness (QED) is 0.601. The Hall–Kier alpha value is -3.25. The second-order valence-corrected chi connectivity index (χ2v) is 8.69. The number of methoxy groups -OCH3 is 1. The maximum Gasteiger partial charge on any atom is 0.244 e. The lowest BCUT2D eigenvalue weighted by Gasteiger charge is -2.22. The highest BCUT2D eigenvalue weighted by Gasteiger charge is 2.30. The Balaban J connectivity index is 1.56. The number of nitrogens with one attached hydrogen (secondary N) is 1. The van der Waals surface area contributed by atoms with Crippen molar-refractivity contribution in [2.24, 2.45) is 0 Å². The molecule has 0 radical (unpaired) electrons. The van der Waals surface area contributed by atoms with Crippen molar-refractivity contribution in [3.05, 3.63) is 83.9 Å². The van der Waals surface area contributed by atoms with E-state index in [1.165, 1.54) is 0 Å². The van der Waals surface area contributed by atoms with Gasteiger partial charge in [-0.05, 0) is 48.9 Å². The fourth-order valence-electron chi connectivity index (χ4n) is 3.54. The molecule has 0 aromatic heterocycles. The highest BCUT2D eigenvalue weighted by atomic mass is 32.2. The van der Waals surface area contributed by atoms with Crippen LogP contribution >= 0.6 is 11.8 Å². The number of para-hydroxylation sites is 1. The van der Waals surface area contributed by atoms with Crippen molar-refractivity contribution in [1.29, 1.82) is 0 Å². The van der Waals surface area contributed by atoms with Crippen LogP contribution in [-0.4, -0.2) is 25.5 Å². The average Bonchev–Trinajstić information content (AvgIpc) is 2.92. The van der Waals surface area contributed by atoms with Crippen LogP contribution in [0.4, 0.5) is 11.4 Å². The van der Waals surface area contributed by atoms with Crippen molar-refractivity contribution in [1.82, 2.24) is 0 Å². The minimum atomic E-state index is -0.222. The van der Waals surface area contributed by atoms with E-state index >= 15 is 0 Å². The molecule has 1 atom stereocenters. The van der Waals surface area contributed by atoms with Crippen molar-refractivity contribution in [2.75, 3.05) is 23.9 Å². The summed E-state index contributed by atoms with van der Waals surface area (Å²) in [4.78, 5) is 28.5. The van der Waals surface area contributed by atoms with Gasteiger partial charge in [-0.1, -0.05) is 42.0 Å². The Morgan fingerprint density at radius 2 is 1.77 bits per heavy atom. The number of anilines is 2. The summed E-state index contributed by atoms with van der Waals surface area (Å²) in [6.07, 6.45) is 0.309. The summed E-state index contributed by atoms with van der Waals surface area (Å²) in [5.41, 5.74) is 3.67. The Morgan fingerprint density at radius 3 is 2.48 bits per heavy atom. The van der Waals surface area contributed by atoms with E-state index in [-0.39, 0.29) is 23.6 Å². The molecule has 0 fully saturated rings. The van der Waals surface area contributed by atoms with Gasteiger partial charge in [0.1, 0.15) is 12.3 Å². The zero-order chi connectivity index (χ0) is 21.8. The predicted molar refractivity (Wildman–Crippen MR) is 125 cm³/mol. The molecule has 3 aromatic carbocycles. The fourth-order valence-corrected chi connectivity index (χ4v) is 4.82. The number of rotatable bonds is 5. The summed E-state index contributed by atoms with van der Waals surface area (Å²) >= 11 is 1.65. The molecular weight excluding hydrogens is 408 g/mol. The molecule has 5 nitrogen and oxygen atoms in total. The molecule has 158 valence electrons. The fraction of sp³-hybridized carbons (Fsp3) is 0.200. The van der Waals surface area contributed by atoms with E-state index in [1.54, 1.807) is 23.8 Å². The highest BCUT2D eigenvalue weighted by molar-refractivity contribution is 7.99. The molecule has 2 amide bonds. The predicted octanol–water partition coefficient (Wildman–Crippen LogP) is 5.21. The number of carbonyl (C=O) groups is 2. The molecule has 0 spiro atoms. The molecule has 4 rings (SSSR count). The number of aryl methyl sites for hydroxylation is 1. The van der Waals surface area contributed by atoms with E-state index in [0.717, 1.165) is 33.1 Å².